The number of methoxy groups -OCH3 is 1. The molecule has 1 rings (SSSR count). The van der Waals surface area contributed by atoms with E-state index in [0.717, 1.165) is 4.90 Å². The monoisotopic (exact) mass is 376 g/mol. The summed E-state index contributed by atoms with van der Waals surface area (Å²) in [6.45, 7) is -0.952. The molecule has 1 aromatic rings. The van der Waals surface area contributed by atoms with Gasteiger partial charge in [-0.05, 0) is 24.1 Å². The van der Waals surface area contributed by atoms with Crippen molar-refractivity contribution in [3.05, 3.63) is 35.6 Å². The van der Waals surface area contributed by atoms with Crippen LogP contribution in [0.2, 0.25) is 0 Å². The minimum absolute atomic E-state index is 0.0726. The van der Waals surface area contributed by atoms with Crippen LogP contribution in [0.25, 0.3) is 0 Å². The maximum Gasteiger partial charge on any atom is 0.323 e. The van der Waals surface area contributed by atoms with E-state index in [9.17, 15) is 22.4 Å². The van der Waals surface area contributed by atoms with Gasteiger partial charge in [-0.3, -0.25) is 9.59 Å². The van der Waals surface area contributed by atoms with Crippen molar-refractivity contribution in [3.63, 3.8) is 0 Å². The van der Waals surface area contributed by atoms with Crippen LogP contribution < -0.4 is 4.72 Å². The largest absolute Gasteiger partial charge is 0.480 e. The topological polar surface area (TPSA) is 113 Å². The van der Waals surface area contributed by atoms with Crippen LogP contribution in [-0.4, -0.2) is 62.9 Å². The molecular formula is C15H21FN2O6S. The summed E-state index contributed by atoms with van der Waals surface area (Å²) in [5.74, 6) is -2.59. The lowest BCUT2D eigenvalue weighted by Gasteiger charge is -2.21. The van der Waals surface area contributed by atoms with Crippen LogP contribution in [0.5, 0.6) is 0 Å². The first kappa shape index (κ1) is 21.0. The molecule has 0 aromatic heterocycles. The van der Waals surface area contributed by atoms with E-state index in [1.807, 2.05) is 0 Å². The molecule has 10 heteroatoms. The Morgan fingerprint density at radius 1 is 1.28 bits per heavy atom. The third-order valence-electron chi connectivity index (χ3n) is 3.17. The second-order valence-corrected chi connectivity index (χ2v) is 7.18. The Hall–Kier alpha value is -2.04. The van der Waals surface area contributed by atoms with E-state index in [0.29, 0.717) is 5.56 Å². The third kappa shape index (κ3) is 8.57. The maximum absolute atomic E-state index is 12.9. The van der Waals surface area contributed by atoms with Crippen molar-refractivity contribution in [2.45, 2.75) is 13.0 Å². The van der Waals surface area contributed by atoms with Crippen LogP contribution >= 0.6 is 0 Å². The van der Waals surface area contributed by atoms with Gasteiger partial charge in [0.15, 0.2) is 0 Å². The predicted molar refractivity (Wildman–Crippen MR) is 87.7 cm³/mol. The molecule has 0 spiro atoms. The third-order valence-corrected chi connectivity index (χ3v) is 4.58. The number of aliphatic carboxylic acids is 1. The number of benzene rings is 1. The Labute approximate surface area is 145 Å². The Bertz CT molecular complexity index is 678. The van der Waals surface area contributed by atoms with Crippen molar-refractivity contribution in [2.75, 3.05) is 32.6 Å². The molecular weight excluding hydrogens is 355 g/mol. The smallest absolute Gasteiger partial charge is 0.323 e. The van der Waals surface area contributed by atoms with Crippen LogP contribution in [0.1, 0.15) is 12.0 Å². The number of sulfonamides is 1. The summed E-state index contributed by atoms with van der Waals surface area (Å²) in [6, 6.07) is 5.23. The minimum atomic E-state index is -3.66. The molecule has 0 aliphatic carbocycles. The molecule has 0 radical (unpaired) electrons. The van der Waals surface area contributed by atoms with Gasteiger partial charge >= 0.3 is 5.97 Å². The second kappa shape index (κ2) is 10.1. The normalized spacial score (nSPS) is 11.3. The number of nitrogens with zero attached hydrogens (tertiary/aromatic N) is 1. The van der Waals surface area contributed by atoms with E-state index in [-0.39, 0.29) is 25.3 Å². The highest BCUT2D eigenvalue weighted by atomic mass is 32.2. The fraction of sp³-hybridized carbons (Fsp3) is 0.467. The van der Waals surface area contributed by atoms with Crippen molar-refractivity contribution in [2.24, 2.45) is 0 Å². The van der Waals surface area contributed by atoms with E-state index in [1.54, 1.807) is 0 Å². The first-order chi connectivity index (χ1) is 11.7. The van der Waals surface area contributed by atoms with Crippen LogP contribution in [0.15, 0.2) is 24.3 Å². The van der Waals surface area contributed by atoms with Crippen molar-refractivity contribution in [1.29, 1.82) is 0 Å². The van der Waals surface area contributed by atoms with Crippen LogP contribution in [0.4, 0.5) is 4.39 Å². The fourth-order valence-corrected chi connectivity index (χ4v) is 2.94. The van der Waals surface area contributed by atoms with Gasteiger partial charge in [-0.25, -0.2) is 17.5 Å². The summed E-state index contributed by atoms with van der Waals surface area (Å²) in [5, 5.41) is 8.92. The standard InChI is InChI=1S/C15H21FN2O6S/c1-24-7-2-8-25(22,23)17-9-14(19)18(11-15(20)21)10-12-3-5-13(16)6-4-12/h3-6,17H,2,7-11H2,1H3,(H,20,21). The summed E-state index contributed by atoms with van der Waals surface area (Å²) >= 11 is 0. The molecule has 0 aliphatic rings. The minimum Gasteiger partial charge on any atom is -0.480 e. The highest BCUT2D eigenvalue weighted by Crippen LogP contribution is 2.07. The predicted octanol–water partition coefficient (Wildman–Crippen LogP) is 0.195. The number of amides is 1. The molecule has 140 valence electrons. The number of carboxylic acids is 1. The lowest BCUT2D eigenvalue weighted by atomic mass is 10.2. The first-order valence-corrected chi connectivity index (χ1v) is 9.09. The summed E-state index contributed by atoms with van der Waals surface area (Å²) in [6.07, 6.45) is 0.272. The van der Waals surface area contributed by atoms with Crippen LogP contribution in [0.3, 0.4) is 0 Å². The van der Waals surface area contributed by atoms with Gasteiger partial charge < -0.3 is 14.7 Å². The molecule has 0 unspecified atom stereocenters. The first-order valence-electron chi connectivity index (χ1n) is 7.44. The summed E-state index contributed by atoms with van der Waals surface area (Å²) < 4.78 is 43.3. The summed E-state index contributed by atoms with van der Waals surface area (Å²) in [5.41, 5.74) is 0.527. The lowest BCUT2D eigenvalue weighted by molar-refractivity contribution is -0.144. The van der Waals surface area contributed by atoms with Crippen molar-refractivity contribution >= 4 is 21.9 Å². The highest BCUT2D eigenvalue weighted by molar-refractivity contribution is 7.89. The zero-order chi connectivity index (χ0) is 18.9. The Balaban J connectivity index is 2.67. The van der Waals surface area contributed by atoms with Gasteiger partial charge in [0.25, 0.3) is 0 Å². The zero-order valence-corrected chi connectivity index (χ0v) is 14.6. The molecule has 0 fully saturated rings. The van der Waals surface area contributed by atoms with Gasteiger partial charge in [0.2, 0.25) is 15.9 Å². The molecule has 0 heterocycles. The SMILES string of the molecule is COCCCS(=O)(=O)NCC(=O)N(CC(=O)O)Cc1ccc(F)cc1. The molecule has 0 aliphatic heterocycles. The molecule has 8 nitrogen and oxygen atoms in total. The lowest BCUT2D eigenvalue weighted by Crippen LogP contribution is -2.42. The number of hydrogen-bond donors (Lipinski definition) is 2. The number of ether oxygens (including phenoxy) is 1. The van der Waals surface area contributed by atoms with Crippen LogP contribution in [-0.2, 0) is 30.9 Å². The molecule has 1 amide bonds. The van der Waals surface area contributed by atoms with Gasteiger partial charge in [0.1, 0.15) is 12.4 Å². The second-order valence-electron chi connectivity index (χ2n) is 5.26. The van der Waals surface area contributed by atoms with Crippen LogP contribution in [0, 0.1) is 5.82 Å². The van der Waals surface area contributed by atoms with E-state index >= 15 is 0 Å². The van der Waals surface area contributed by atoms with E-state index in [4.69, 9.17) is 9.84 Å². The molecule has 2 N–H and O–H groups in total. The molecule has 0 saturated heterocycles. The van der Waals surface area contributed by atoms with E-state index in [2.05, 4.69) is 4.72 Å². The number of carboxylic acid groups (broad SMARTS) is 1. The van der Waals surface area contributed by atoms with E-state index < -0.39 is 40.8 Å². The Morgan fingerprint density at radius 3 is 2.48 bits per heavy atom. The number of nitrogens with one attached hydrogen (secondary N) is 1. The zero-order valence-electron chi connectivity index (χ0n) is 13.8. The Morgan fingerprint density at radius 2 is 1.92 bits per heavy atom. The molecule has 25 heavy (non-hydrogen) atoms. The molecule has 1 aromatic carbocycles. The number of hydrogen-bond acceptors (Lipinski definition) is 5. The summed E-state index contributed by atoms with van der Waals surface area (Å²) in [4.78, 5) is 24.1. The Kier molecular flexibility index (Phi) is 8.46. The average molecular weight is 376 g/mol. The van der Waals surface area contributed by atoms with Gasteiger partial charge in [-0.2, -0.15) is 0 Å². The average Bonchev–Trinajstić information content (AvgIpc) is 2.54. The van der Waals surface area contributed by atoms with Crippen molar-refractivity contribution in [1.82, 2.24) is 9.62 Å². The number of carbonyl (C=O) groups is 2. The quantitative estimate of drug-likeness (QED) is 0.533. The number of carbonyl (C=O) groups excluding carboxylic acids is 1. The van der Waals surface area contributed by atoms with Gasteiger partial charge in [-0.15, -0.1) is 0 Å². The molecule has 0 atom stereocenters. The van der Waals surface area contributed by atoms with Gasteiger partial charge in [0.05, 0.1) is 12.3 Å². The van der Waals surface area contributed by atoms with Gasteiger partial charge in [-0.1, -0.05) is 12.1 Å². The van der Waals surface area contributed by atoms with Crippen molar-refractivity contribution in [3.8, 4) is 0 Å². The highest BCUT2D eigenvalue weighted by Gasteiger charge is 2.19. The van der Waals surface area contributed by atoms with Crippen molar-refractivity contribution < 1.29 is 32.2 Å². The number of rotatable bonds is 11. The molecule has 0 bridgehead atoms. The number of halogens is 1. The van der Waals surface area contributed by atoms with E-state index in [1.165, 1.54) is 31.4 Å². The maximum atomic E-state index is 12.9. The van der Waals surface area contributed by atoms with Gasteiger partial charge in [0, 0.05) is 20.3 Å². The summed E-state index contributed by atoms with van der Waals surface area (Å²) in [7, 11) is -2.22. The fourth-order valence-electron chi connectivity index (χ4n) is 1.95. The molecule has 0 saturated carbocycles.